The summed E-state index contributed by atoms with van der Waals surface area (Å²) in [4.78, 5) is 23.5. The molecule has 3 aliphatic rings. The van der Waals surface area contributed by atoms with E-state index in [0.717, 1.165) is 18.6 Å². The lowest BCUT2D eigenvalue weighted by atomic mass is 9.69. The number of hydrogen-bond acceptors (Lipinski definition) is 4. The van der Waals surface area contributed by atoms with Crippen LogP contribution in [0.15, 0.2) is 11.8 Å². The van der Waals surface area contributed by atoms with Gasteiger partial charge in [0.15, 0.2) is 6.10 Å². The minimum Gasteiger partial charge on any atom is -0.483 e. The minimum absolute atomic E-state index is 0.0678. The van der Waals surface area contributed by atoms with E-state index >= 15 is 0 Å². The van der Waals surface area contributed by atoms with Gasteiger partial charge in [-0.25, -0.2) is 0 Å². The number of carbonyl (C=O) groups is 2. The van der Waals surface area contributed by atoms with Gasteiger partial charge in [0.05, 0.1) is 5.92 Å². The molecule has 4 nitrogen and oxygen atoms in total. The molecule has 0 saturated carbocycles. The first kappa shape index (κ1) is 9.87. The topological polar surface area (TPSA) is 55.9 Å². The average Bonchev–Trinajstić information content (AvgIpc) is 2.97. The summed E-state index contributed by atoms with van der Waals surface area (Å²) >= 11 is 0. The highest BCUT2D eigenvalue weighted by molar-refractivity contribution is 6.01. The Hall–Kier alpha value is -1.32. The van der Waals surface area contributed by atoms with Crippen LogP contribution in [-0.2, 0) is 19.1 Å². The summed E-state index contributed by atoms with van der Waals surface area (Å²) in [5.41, 5.74) is -0.713. The highest BCUT2D eigenvalue weighted by atomic mass is 16.6. The van der Waals surface area contributed by atoms with E-state index in [2.05, 4.69) is 6.92 Å². The van der Waals surface area contributed by atoms with Crippen molar-refractivity contribution in [1.29, 1.82) is 0 Å². The van der Waals surface area contributed by atoms with Crippen LogP contribution in [0.4, 0.5) is 0 Å². The number of epoxide rings is 1. The largest absolute Gasteiger partial charge is 0.483 e. The summed E-state index contributed by atoms with van der Waals surface area (Å²) in [6, 6.07) is 0. The van der Waals surface area contributed by atoms with Gasteiger partial charge in [-0.05, 0) is 12.5 Å². The van der Waals surface area contributed by atoms with Crippen molar-refractivity contribution in [3.05, 3.63) is 11.8 Å². The van der Waals surface area contributed by atoms with Gasteiger partial charge in [0, 0.05) is 6.42 Å². The minimum atomic E-state index is -0.713. The molecule has 0 spiro atoms. The van der Waals surface area contributed by atoms with E-state index in [1.165, 1.54) is 0 Å². The zero-order valence-corrected chi connectivity index (χ0v) is 9.19. The first-order valence-corrected chi connectivity index (χ1v) is 5.83. The Morgan fingerprint density at radius 1 is 1.50 bits per heavy atom. The predicted octanol–water partition coefficient (Wildman–Crippen LogP) is 1.55. The van der Waals surface area contributed by atoms with Gasteiger partial charge in [-0.3, -0.25) is 9.59 Å². The molecule has 2 heterocycles. The summed E-state index contributed by atoms with van der Waals surface area (Å²) in [6.45, 7) is 2.07. The fourth-order valence-corrected chi connectivity index (χ4v) is 2.78. The van der Waals surface area contributed by atoms with Crippen molar-refractivity contribution < 1.29 is 19.1 Å². The van der Waals surface area contributed by atoms with E-state index in [-0.39, 0.29) is 24.0 Å². The van der Waals surface area contributed by atoms with Gasteiger partial charge in [0.25, 0.3) is 0 Å². The number of fused-ring (bicyclic) bond motifs is 2. The van der Waals surface area contributed by atoms with Crippen LogP contribution in [0.1, 0.15) is 32.6 Å². The molecule has 0 aromatic heterocycles. The second-order valence-corrected chi connectivity index (χ2v) is 4.79. The fourth-order valence-electron chi connectivity index (χ4n) is 2.78. The van der Waals surface area contributed by atoms with Gasteiger partial charge in [-0.2, -0.15) is 0 Å². The molecule has 1 aliphatic carbocycles. The lowest BCUT2D eigenvalue weighted by Gasteiger charge is -2.26. The summed E-state index contributed by atoms with van der Waals surface area (Å²) in [5.74, 6) is -0.189. The van der Waals surface area contributed by atoms with Crippen LogP contribution in [0.3, 0.4) is 0 Å². The molecule has 0 N–H and O–H groups in total. The van der Waals surface area contributed by atoms with Gasteiger partial charge >= 0.3 is 11.9 Å². The van der Waals surface area contributed by atoms with Crippen LogP contribution >= 0.6 is 0 Å². The molecule has 4 heteroatoms. The number of rotatable bonds is 3. The molecule has 3 unspecified atom stereocenters. The zero-order chi connectivity index (χ0) is 11.3. The van der Waals surface area contributed by atoms with E-state index in [1.54, 1.807) is 0 Å². The van der Waals surface area contributed by atoms with E-state index < -0.39 is 5.41 Å². The van der Waals surface area contributed by atoms with Gasteiger partial charge in [-0.1, -0.05) is 19.8 Å². The lowest BCUT2D eigenvalue weighted by molar-refractivity contribution is -0.154. The van der Waals surface area contributed by atoms with Crippen molar-refractivity contribution in [2.75, 3.05) is 0 Å². The first-order valence-electron chi connectivity index (χ1n) is 5.83. The van der Waals surface area contributed by atoms with E-state index in [1.807, 2.05) is 6.08 Å². The highest BCUT2D eigenvalue weighted by Crippen LogP contribution is 2.54. The zero-order valence-electron chi connectivity index (χ0n) is 9.19. The molecular formula is C12H14O4. The number of carbonyl (C=O) groups excluding carboxylic acids is 2. The molecule has 2 aliphatic heterocycles. The van der Waals surface area contributed by atoms with Crippen molar-refractivity contribution in [3.8, 4) is 0 Å². The number of ether oxygens (including phenoxy) is 2. The summed E-state index contributed by atoms with van der Waals surface area (Å²) in [5, 5.41) is 0. The monoisotopic (exact) mass is 222 g/mol. The maximum atomic E-state index is 11.9. The Morgan fingerprint density at radius 2 is 2.31 bits per heavy atom. The third-order valence-electron chi connectivity index (χ3n) is 3.81. The summed E-state index contributed by atoms with van der Waals surface area (Å²) in [7, 11) is 0. The molecule has 0 amide bonds. The van der Waals surface area contributed by atoms with Gasteiger partial charge in [-0.15, -0.1) is 0 Å². The molecule has 0 bridgehead atoms. The quantitative estimate of drug-likeness (QED) is 0.413. The predicted molar refractivity (Wildman–Crippen MR) is 54.1 cm³/mol. The maximum absolute atomic E-state index is 11.9. The second-order valence-electron chi connectivity index (χ2n) is 4.79. The molecule has 3 atom stereocenters. The molecule has 0 radical (unpaired) electrons. The molecule has 0 aromatic rings. The van der Waals surface area contributed by atoms with Crippen molar-refractivity contribution >= 4 is 11.9 Å². The first-order chi connectivity index (χ1) is 7.67. The Kier molecular flexibility index (Phi) is 1.91. The highest BCUT2D eigenvalue weighted by Gasteiger charge is 2.62. The third kappa shape index (κ3) is 1.16. The number of unbranched alkanes of at least 4 members (excludes halogenated alkanes) is 1. The smallest absolute Gasteiger partial charge is 0.324 e. The van der Waals surface area contributed by atoms with Gasteiger partial charge in [0.2, 0.25) is 0 Å². The SMILES string of the molecule is CCCCC12C=C3OC3CC1C(=O)OC2=O. The number of cyclic esters (lactones) is 2. The van der Waals surface area contributed by atoms with Crippen LogP contribution in [-0.4, -0.2) is 18.0 Å². The van der Waals surface area contributed by atoms with Crippen molar-refractivity contribution in [2.24, 2.45) is 11.3 Å². The van der Waals surface area contributed by atoms with E-state index in [0.29, 0.717) is 12.8 Å². The van der Waals surface area contributed by atoms with Crippen LogP contribution in [0.25, 0.3) is 0 Å². The molecule has 2 fully saturated rings. The van der Waals surface area contributed by atoms with E-state index in [9.17, 15) is 9.59 Å². The summed E-state index contributed by atoms with van der Waals surface area (Å²) < 4.78 is 10.1. The Bertz CT molecular complexity index is 398. The summed E-state index contributed by atoms with van der Waals surface area (Å²) in [6.07, 6.45) is 5.14. The molecule has 2 saturated heterocycles. The number of hydrogen-bond donors (Lipinski definition) is 0. The standard InChI is InChI=1S/C12H14O4/c1-2-3-4-12-6-9-8(15-9)5-7(12)10(13)16-11(12)14/h6-8H,2-5H2,1H3. The lowest BCUT2D eigenvalue weighted by Crippen LogP contribution is -2.35. The average molecular weight is 222 g/mol. The third-order valence-corrected chi connectivity index (χ3v) is 3.81. The van der Waals surface area contributed by atoms with Gasteiger partial charge in [0.1, 0.15) is 11.2 Å². The molecule has 3 rings (SSSR count). The van der Waals surface area contributed by atoms with Crippen molar-refractivity contribution in [3.63, 3.8) is 0 Å². The second kappa shape index (κ2) is 3.09. The normalized spacial score (nSPS) is 39.4. The molecule has 16 heavy (non-hydrogen) atoms. The fraction of sp³-hybridized carbons (Fsp3) is 0.667. The van der Waals surface area contributed by atoms with Crippen LogP contribution in [0.5, 0.6) is 0 Å². The molecular weight excluding hydrogens is 208 g/mol. The van der Waals surface area contributed by atoms with E-state index in [4.69, 9.17) is 9.47 Å². The van der Waals surface area contributed by atoms with Crippen LogP contribution in [0.2, 0.25) is 0 Å². The Balaban J connectivity index is 1.97. The van der Waals surface area contributed by atoms with Crippen LogP contribution < -0.4 is 0 Å². The number of esters is 2. The Morgan fingerprint density at radius 3 is 3.06 bits per heavy atom. The molecule has 86 valence electrons. The molecule has 0 aromatic carbocycles. The maximum Gasteiger partial charge on any atom is 0.324 e. The van der Waals surface area contributed by atoms with Crippen molar-refractivity contribution in [2.45, 2.75) is 38.7 Å². The Labute approximate surface area is 93.6 Å². The van der Waals surface area contributed by atoms with Crippen molar-refractivity contribution in [1.82, 2.24) is 0 Å². The van der Waals surface area contributed by atoms with Crippen LogP contribution in [0, 0.1) is 11.3 Å². The van der Waals surface area contributed by atoms with Gasteiger partial charge < -0.3 is 9.47 Å².